The minimum absolute atomic E-state index is 0.392. The first-order valence-electron chi connectivity index (χ1n) is 7.76. The molecule has 1 aromatic carbocycles. The number of anilines is 2. The maximum absolute atomic E-state index is 11.8. The quantitative estimate of drug-likeness (QED) is 0.430. The molecule has 1 amide bonds. The van der Waals surface area contributed by atoms with E-state index in [1.54, 1.807) is 42.5 Å². The summed E-state index contributed by atoms with van der Waals surface area (Å²) in [6.45, 7) is 1.72. The number of allylic oxidation sites excluding steroid dienone is 1. The fraction of sp³-hybridized carbons (Fsp3) is 0.167. The largest absolute Gasteiger partial charge is 0.402 e. The Morgan fingerprint density at radius 3 is 2.77 bits per heavy atom. The minimum atomic E-state index is -0.562. The molecule has 0 aliphatic carbocycles. The fourth-order valence-corrected chi connectivity index (χ4v) is 3.31. The van der Waals surface area contributed by atoms with Crippen LogP contribution in [0.15, 0.2) is 47.5 Å². The molecular weight excluding hydrogens is 366 g/mol. The van der Waals surface area contributed by atoms with Crippen LogP contribution in [0, 0.1) is 11.3 Å². The number of nitrogens with two attached hydrogens (primary N) is 2. The predicted molar refractivity (Wildman–Crippen MR) is 110 cm³/mol. The van der Waals surface area contributed by atoms with Crippen molar-refractivity contribution in [3.05, 3.63) is 57.9 Å². The molecule has 1 heterocycles. The van der Waals surface area contributed by atoms with Gasteiger partial charge in [-0.15, -0.1) is 11.3 Å². The van der Waals surface area contributed by atoms with Gasteiger partial charge in [0.2, 0.25) is 5.91 Å². The third-order valence-electron chi connectivity index (χ3n) is 3.43. The van der Waals surface area contributed by atoms with Gasteiger partial charge in [-0.1, -0.05) is 18.3 Å². The summed E-state index contributed by atoms with van der Waals surface area (Å²) in [5.74, 6) is -0.450. The summed E-state index contributed by atoms with van der Waals surface area (Å²) in [5.41, 5.74) is 13.3. The van der Waals surface area contributed by atoms with Gasteiger partial charge in [-0.3, -0.25) is 4.79 Å². The third-order valence-corrected chi connectivity index (χ3v) is 4.55. The highest BCUT2D eigenvalue weighted by molar-refractivity contribution is 7.81. The second-order valence-electron chi connectivity index (χ2n) is 5.63. The lowest BCUT2D eigenvalue weighted by molar-refractivity contribution is -0.118. The Balaban J connectivity index is 2.21. The van der Waals surface area contributed by atoms with Gasteiger partial charge in [-0.25, -0.2) is 0 Å². The van der Waals surface area contributed by atoms with Crippen LogP contribution in [-0.2, 0) is 11.2 Å². The van der Waals surface area contributed by atoms with E-state index in [1.165, 1.54) is 0 Å². The number of thiophene rings is 1. The number of amides is 1. The topological polar surface area (TPSA) is 117 Å². The zero-order valence-corrected chi connectivity index (χ0v) is 15.8. The smallest absolute Gasteiger partial charge is 0.240 e. The summed E-state index contributed by atoms with van der Waals surface area (Å²) in [5, 5.41) is 17.3. The standard InChI is InChI=1S/C18H19N5OS2/c1-11(20)7-17(25)23-15-8-13(5-4-12(15)10-19)22-16(18(21)24)9-14-3-2-6-26-14/h2-8,16,22H,9,20H2,1H3,(H2,21,24)(H,23,25)/t16-/m1/s1. The number of rotatable bonds is 7. The molecule has 6 N–H and O–H groups in total. The molecule has 6 nitrogen and oxygen atoms in total. The van der Waals surface area contributed by atoms with Crippen molar-refractivity contribution in [2.45, 2.75) is 19.4 Å². The molecule has 2 aromatic rings. The van der Waals surface area contributed by atoms with Gasteiger partial charge in [0.05, 0.1) is 11.3 Å². The normalized spacial score (nSPS) is 12.1. The number of primary amides is 1. The molecule has 26 heavy (non-hydrogen) atoms. The zero-order chi connectivity index (χ0) is 19.1. The van der Waals surface area contributed by atoms with Crippen molar-refractivity contribution in [1.29, 1.82) is 5.26 Å². The van der Waals surface area contributed by atoms with E-state index in [9.17, 15) is 10.1 Å². The highest BCUT2D eigenvalue weighted by Gasteiger charge is 2.17. The summed E-state index contributed by atoms with van der Waals surface area (Å²) < 4.78 is 0. The first kappa shape index (κ1) is 19.4. The van der Waals surface area contributed by atoms with Crippen LogP contribution in [-0.4, -0.2) is 16.9 Å². The Morgan fingerprint density at radius 1 is 1.42 bits per heavy atom. The molecule has 0 fully saturated rings. The average molecular weight is 386 g/mol. The van der Waals surface area contributed by atoms with Gasteiger partial charge in [0, 0.05) is 22.7 Å². The van der Waals surface area contributed by atoms with E-state index < -0.39 is 11.9 Å². The molecule has 1 aromatic heterocycles. The molecule has 134 valence electrons. The van der Waals surface area contributed by atoms with Crippen molar-refractivity contribution in [3.8, 4) is 6.07 Å². The number of thiocarbonyl (C=S) groups is 1. The van der Waals surface area contributed by atoms with Gasteiger partial charge < -0.3 is 22.1 Å². The first-order chi connectivity index (χ1) is 12.4. The molecule has 0 unspecified atom stereocenters. The molecule has 2 rings (SSSR count). The van der Waals surface area contributed by atoms with Crippen molar-refractivity contribution < 1.29 is 4.79 Å². The van der Waals surface area contributed by atoms with Crippen molar-refractivity contribution in [3.63, 3.8) is 0 Å². The summed E-state index contributed by atoms with van der Waals surface area (Å²) in [7, 11) is 0. The molecule has 0 aliphatic rings. The van der Waals surface area contributed by atoms with Crippen LogP contribution in [0.4, 0.5) is 11.4 Å². The number of nitrogens with one attached hydrogen (secondary N) is 2. The van der Waals surface area contributed by atoms with Gasteiger partial charge in [-0.05, 0) is 42.6 Å². The maximum Gasteiger partial charge on any atom is 0.240 e. The van der Waals surface area contributed by atoms with E-state index in [1.807, 2.05) is 17.5 Å². The average Bonchev–Trinajstić information content (AvgIpc) is 3.06. The van der Waals surface area contributed by atoms with Crippen LogP contribution in [0.3, 0.4) is 0 Å². The van der Waals surface area contributed by atoms with E-state index in [0.29, 0.717) is 34.0 Å². The van der Waals surface area contributed by atoms with Gasteiger partial charge in [-0.2, -0.15) is 5.26 Å². The highest BCUT2D eigenvalue weighted by Crippen LogP contribution is 2.22. The fourth-order valence-electron chi connectivity index (χ4n) is 2.26. The van der Waals surface area contributed by atoms with E-state index in [0.717, 1.165) is 4.88 Å². The molecule has 8 heteroatoms. The Morgan fingerprint density at radius 2 is 2.19 bits per heavy atom. The highest BCUT2D eigenvalue weighted by atomic mass is 32.1. The molecular formula is C18H19N5OS2. The SMILES string of the molecule is CC(N)=CC(=S)Nc1cc(N[C@H](Cc2cccs2)C(N)=O)ccc1C#N. The molecule has 0 spiro atoms. The maximum atomic E-state index is 11.8. The number of benzene rings is 1. The summed E-state index contributed by atoms with van der Waals surface area (Å²) >= 11 is 6.76. The van der Waals surface area contributed by atoms with Crippen LogP contribution in [0.2, 0.25) is 0 Å². The van der Waals surface area contributed by atoms with E-state index >= 15 is 0 Å². The van der Waals surface area contributed by atoms with E-state index in [-0.39, 0.29) is 0 Å². The number of hydrogen-bond acceptors (Lipinski definition) is 6. The van der Waals surface area contributed by atoms with Gasteiger partial charge >= 0.3 is 0 Å². The van der Waals surface area contributed by atoms with E-state index in [4.69, 9.17) is 23.7 Å². The minimum Gasteiger partial charge on any atom is -0.402 e. The van der Waals surface area contributed by atoms with Gasteiger partial charge in [0.15, 0.2) is 0 Å². The van der Waals surface area contributed by atoms with Crippen LogP contribution in [0.25, 0.3) is 0 Å². The lowest BCUT2D eigenvalue weighted by Gasteiger charge is -2.17. The molecule has 0 aliphatic heterocycles. The van der Waals surface area contributed by atoms with Crippen molar-refractivity contribution in [2.24, 2.45) is 11.5 Å². The summed E-state index contributed by atoms with van der Waals surface area (Å²) in [6.07, 6.45) is 2.09. The number of carbonyl (C=O) groups excluding carboxylic acids is 1. The van der Waals surface area contributed by atoms with Crippen LogP contribution in [0.5, 0.6) is 0 Å². The van der Waals surface area contributed by atoms with E-state index in [2.05, 4.69) is 16.7 Å². The summed E-state index contributed by atoms with van der Waals surface area (Å²) in [4.78, 5) is 13.2. The molecule has 0 saturated heterocycles. The number of carbonyl (C=O) groups is 1. The lowest BCUT2D eigenvalue weighted by atomic mass is 10.1. The number of nitriles is 1. The number of nitrogens with zero attached hydrogens (tertiary/aromatic N) is 1. The Hall–Kier alpha value is -2.89. The number of hydrogen-bond donors (Lipinski definition) is 4. The molecule has 1 atom stereocenters. The van der Waals surface area contributed by atoms with Crippen molar-refractivity contribution in [2.75, 3.05) is 10.6 Å². The van der Waals surface area contributed by atoms with Crippen LogP contribution in [0.1, 0.15) is 17.4 Å². The van der Waals surface area contributed by atoms with Crippen molar-refractivity contribution >= 4 is 45.8 Å². The second-order valence-corrected chi connectivity index (χ2v) is 7.10. The van der Waals surface area contributed by atoms with Crippen LogP contribution >= 0.6 is 23.6 Å². The molecule has 0 bridgehead atoms. The zero-order valence-electron chi connectivity index (χ0n) is 14.2. The van der Waals surface area contributed by atoms with Crippen LogP contribution < -0.4 is 22.1 Å². The lowest BCUT2D eigenvalue weighted by Crippen LogP contribution is -2.37. The second kappa shape index (κ2) is 8.99. The van der Waals surface area contributed by atoms with Gasteiger partial charge in [0.1, 0.15) is 17.1 Å². The summed E-state index contributed by atoms with van der Waals surface area (Å²) in [6, 6.07) is 10.5. The molecule has 0 saturated carbocycles. The third kappa shape index (κ3) is 5.58. The Bertz CT molecular complexity index is 864. The monoisotopic (exact) mass is 385 g/mol. The first-order valence-corrected chi connectivity index (χ1v) is 9.05. The Kier molecular flexibility index (Phi) is 6.72. The molecule has 0 radical (unpaired) electrons. The van der Waals surface area contributed by atoms with Crippen molar-refractivity contribution in [1.82, 2.24) is 0 Å². The van der Waals surface area contributed by atoms with Gasteiger partial charge in [0.25, 0.3) is 0 Å². The Labute approximate surface area is 161 Å². The predicted octanol–water partition coefficient (Wildman–Crippen LogP) is 2.73.